The van der Waals surface area contributed by atoms with Crippen LogP contribution >= 0.6 is 0 Å². The Morgan fingerprint density at radius 3 is 2.93 bits per heavy atom. The van der Waals surface area contributed by atoms with Gasteiger partial charge >= 0.3 is 0 Å². The lowest BCUT2D eigenvalue weighted by molar-refractivity contribution is 0.0939. The van der Waals surface area contributed by atoms with Gasteiger partial charge in [-0.05, 0) is 37.1 Å². The van der Waals surface area contributed by atoms with Gasteiger partial charge in [0.05, 0.1) is 11.4 Å². The second-order valence-corrected chi connectivity index (χ2v) is 6.81. The van der Waals surface area contributed by atoms with Crippen molar-refractivity contribution in [1.82, 2.24) is 15.0 Å². The molecule has 0 radical (unpaired) electrons. The first-order valence-corrected chi connectivity index (χ1v) is 9.41. The van der Waals surface area contributed by atoms with Crippen LogP contribution in [0, 0.1) is 5.92 Å². The maximum absolute atomic E-state index is 14.6. The lowest BCUT2D eigenvalue weighted by Gasteiger charge is -2.17. The molecule has 1 atom stereocenters. The molecule has 0 spiro atoms. The lowest BCUT2D eigenvalue weighted by atomic mass is 9.91. The van der Waals surface area contributed by atoms with E-state index in [0.29, 0.717) is 30.0 Å². The maximum Gasteiger partial charge on any atom is 0.172 e. The van der Waals surface area contributed by atoms with E-state index in [9.17, 15) is 9.18 Å². The third-order valence-electron chi connectivity index (χ3n) is 4.96. The van der Waals surface area contributed by atoms with Gasteiger partial charge in [-0.3, -0.25) is 9.79 Å². The number of carbonyl (C=O) groups excluding carboxylic acids is 1. The molecule has 148 valence electrons. The van der Waals surface area contributed by atoms with E-state index < -0.39 is 11.7 Å². The minimum Gasteiger partial charge on any atom is -0.483 e. The van der Waals surface area contributed by atoms with E-state index in [0.717, 1.165) is 22.8 Å². The standard InChI is InChI=1S/C22H21FN4O2/c1-3-17-18(4-2)27-20(26-17)12-29-19-8-7-13(10-16(19)23)21(28)15-11-25-22-14(15)6-5-9-24-22/h3-4,6,8,10-11,13H,1-2,5,7,9,12H2,(H,24,25)(H,26,27). The predicted octanol–water partition coefficient (Wildman–Crippen LogP) is 2.98. The Bertz CT molecular complexity index is 1140. The molecule has 0 bridgehead atoms. The third kappa shape index (κ3) is 3.63. The average Bonchev–Trinajstić information content (AvgIpc) is 3.36. The van der Waals surface area contributed by atoms with Gasteiger partial charge in [-0.2, -0.15) is 0 Å². The number of carbonyl (C=O) groups is 1. The number of aromatic amines is 2. The summed E-state index contributed by atoms with van der Waals surface area (Å²) in [5, 5.41) is 0.815. The molecule has 2 aromatic heterocycles. The van der Waals surface area contributed by atoms with Crippen LogP contribution in [-0.2, 0) is 11.3 Å². The van der Waals surface area contributed by atoms with Crippen LogP contribution in [0.4, 0.5) is 4.39 Å². The number of ether oxygens (including phenoxy) is 1. The third-order valence-corrected chi connectivity index (χ3v) is 4.96. The van der Waals surface area contributed by atoms with Crippen LogP contribution in [0.2, 0.25) is 0 Å². The smallest absolute Gasteiger partial charge is 0.172 e. The molecule has 0 aromatic carbocycles. The highest BCUT2D eigenvalue weighted by Gasteiger charge is 2.25. The lowest BCUT2D eigenvalue weighted by Crippen LogP contribution is -2.31. The molecule has 4 rings (SSSR count). The fourth-order valence-electron chi connectivity index (χ4n) is 3.50. The summed E-state index contributed by atoms with van der Waals surface area (Å²) in [6, 6.07) is 0. The first kappa shape index (κ1) is 18.9. The number of nitrogens with one attached hydrogen (secondary N) is 2. The van der Waals surface area contributed by atoms with Crippen LogP contribution in [0.1, 0.15) is 40.4 Å². The Labute approximate surface area is 166 Å². The minimum atomic E-state index is -0.569. The van der Waals surface area contributed by atoms with E-state index in [4.69, 9.17) is 4.74 Å². The fraction of sp³-hybridized carbons (Fsp3) is 0.227. The number of allylic oxidation sites excluding steroid dienone is 3. The van der Waals surface area contributed by atoms with E-state index in [1.54, 1.807) is 24.4 Å². The van der Waals surface area contributed by atoms with Crippen molar-refractivity contribution in [2.75, 3.05) is 6.54 Å². The molecule has 0 saturated carbocycles. The van der Waals surface area contributed by atoms with Crippen LogP contribution in [-0.4, -0.2) is 27.3 Å². The Balaban J connectivity index is 1.45. The van der Waals surface area contributed by atoms with Crippen molar-refractivity contribution in [3.63, 3.8) is 0 Å². The van der Waals surface area contributed by atoms with Gasteiger partial charge in [-0.15, -0.1) is 0 Å². The van der Waals surface area contributed by atoms with Gasteiger partial charge in [0, 0.05) is 29.4 Å². The number of Topliss-reactive ketones (excluding diaryl/α,β-unsaturated/α-hetero) is 1. The van der Waals surface area contributed by atoms with Gasteiger partial charge in [0.2, 0.25) is 0 Å². The second kappa shape index (κ2) is 7.87. The number of ketones is 1. The molecule has 0 fully saturated rings. The number of fused-ring (bicyclic) bond motifs is 1. The molecule has 1 aliphatic carbocycles. The number of imidazole rings is 1. The molecule has 0 amide bonds. The number of hydrogen-bond acceptors (Lipinski definition) is 4. The molecule has 2 aliphatic rings. The summed E-state index contributed by atoms with van der Waals surface area (Å²) >= 11 is 0. The monoisotopic (exact) mass is 392 g/mol. The highest BCUT2D eigenvalue weighted by atomic mass is 19.1. The molecule has 1 aliphatic heterocycles. The Morgan fingerprint density at radius 1 is 1.34 bits per heavy atom. The van der Waals surface area contributed by atoms with Crippen LogP contribution in [0.5, 0.6) is 0 Å². The zero-order valence-corrected chi connectivity index (χ0v) is 15.9. The summed E-state index contributed by atoms with van der Waals surface area (Å²) in [6.07, 6.45) is 11.0. The van der Waals surface area contributed by atoms with Crippen molar-refractivity contribution in [2.45, 2.75) is 19.4 Å². The Kier molecular flexibility index (Phi) is 5.12. The highest BCUT2D eigenvalue weighted by molar-refractivity contribution is 5.99. The molecule has 0 saturated heterocycles. The van der Waals surface area contributed by atoms with Crippen molar-refractivity contribution in [2.24, 2.45) is 10.9 Å². The number of rotatable bonds is 7. The van der Waals surface area contributed by atoms with Crippen LogP contribution < -0.4 is 10.7 Å². The molecule has 3 heterocycles. The van der Waals surface area contributed by atoms with Crippen molar-refractivity contribution < 1.29 is 13.9 Å². The Hall–Kier alpha value is -3.48. The van der Waals surface area contributed by atoms with Gasteiger partial charge in [-0.1, -0.05) is 19.2 Å². The van der Waals surface area contributed by atoms with E-state index in [2.05, 4.69) is 33.1 Å². The topological polar surface area (TPSA) is 83.1 Å². The zero-order chi connectivity index (χ0) is 20.4. The molecule has 29 heavy (non-hydrogen) atoms. The SMILES string of the molecule is C=Cc1nc(COC2=CCC(C(=O)c3c[nH]c4c3=CCCN=4)C=C2F)[nH]c1C=C. The van der Waals surface area contributed by atoms with Gasteiger partial charge < -0.3 is 14.7 Å². The first-order chi connectivity index (χ1) is 14.1. The number of aromatic nitrogens is 3. The van der Waals surface area contributed by atoms with Crippen molar-refractivity contribution in [3.05, 3.63) is 76.6 Å². The summed E-state index contributed by atoms with van der Waals surface area (Å²) in [5.41, 5.74) is 2.67. The molecule has 1 unspecified atom stereocenters. The quantitative estimate of drug-likeness (QED) is 0.711. The number of H-pyrrole nitrogens is 2. The van der Waals surface area contributed by atoms with Gasteiger partial charge in [0.25, 0.3) is 0 Å². The van der Waals surface area contributed by atoms with E-state index >= 15 is 0 Å². The maximum atomic E-state index is 14.6. The number of hydrogen-bond donors (Lipinski definition) is 2. The van der Waals surface area contributed by atoms with Crippen molar-refractivity contribution >= 4 is 24.0 Å². The van der Waals surface area contributed by atoms with Gasteiger partial charge in [0.1, 0.15) is 17.9 Å². The van der Waals surface area contributed by atoms with Crippen LogP contribution in [0.3, 0.4) is 0 Å². The summed E-state index contributed by atoms with van der Waals surface area (Å²) in [6.45, 7) is 8.18. The molecule has 6 nitrogen and oxygen atoms in total. The van der Waals surface area contributed by atoms with Crippen molar-refractivity contribution in [1.29, 1.82) is 0 Å². The average molecular weight is 392 g/mol. The molecular formula is C22H21FN4O2. The zero-order valence-electron chi connectivity index (χ0n) is 15.9. The second-order valence-electron chi connectivity index (χ2n) is 6.81. The highest BCUT2D eigenvalue weighted by Crippen LogP contribution is 2.27. The molecular weight excluding hydrogens is 371 g/mol. The normalized spacial score (nSPS) is 17.9. The molecule has 2 N–H and O–H groups in total. The predicted molar refractivity (Wildman–Crippen MR) is 109 cm³/mol. The minimum absolute atomic E-state index is 0.0716. The molecule has 2 aromatic rings. The largest absolute Gasteiger partial charge is 0.483 e. The van der Waals surface area contributed by atoms with Crippen molar-refractivity contribution in [3.8, 4) is 0 Å². The van der Waals surface area contributed by atoms with E-state index in [1.165, 1.54) is 6.08 Å². The van der Waals surface area contributed by atoms with Gasteiger partial charge in [0.15, 0.2) is 17.4 Å². The van der Waals surface area contributed by atoms with Crippen LogP contribution in [0.15, 0.2) is 48.1 Å². The summed E-state index contributed by atoms with van der Waals surface area (Å²) < 4.78 is 20.1. The fourth-order valence-corrected chi connectivity index (χ4v) is 3.50. The number of halogens is 1. The number of nitrogens with zero attached hydrogens (tertiary/aromatic N) is 2. The summed E-state index contributed by atoms with van der Waals surface area (Å²) in [5.74, 6) is -0.588. The molecule has 7 heteroatoms. The van der Waals surface area contributed by atoms with Gasteiger partial charge in [-0.25, -0.2) is 9.37 Å². The van der Waals surface area contributed by atoms with E-state index in [1.807, 2.05) is 6.08 Å². The summed E-state index contributed by atoms with van der Waals surface area (Å²) in [7, 11) is 0. The Morgan fingerprint density at radius 2 is 2.21 bits per heavy atom. The van der Waals surface area contributed by atoms with Crippen LogP contribution in [0.25, 0.3) is 18.2 Å². The summed E-state index contributed by atoms with van der Waals surface area (Å²) in [4.78, 5) is 27.6. The first-order valence-electron chi connectivity index (χ1n) is 9.41. The van der Waals surface area contributed by atoms with E-state index in [-0.39, 0.29) is 18.1 Å².